The Morgan fingerprint density at radius 2 is 1.76 bits per heavy atom. The molecule has 3 aromatic rings. The van der Waals surface area contributed by atoms with Gasteiger partial charge in [-0.3, -0.25) is 0 Å². The second-order valence-corrected chi connectivity index (χ2v) is 6.12. The van der Waals surface area contributed by atoms with E-state index in [0.29, 0.717) is 0 Å². The fraction of sp³-hybridized carbons (Fsp3) is 0.176. The van der Waals surface area contributed by atoms with Gasteiger partial charge in [0.15, 0.2) is 0 Å². The third kappa shape index (κ3) is 3.56. The topological polar surface area (TPSA) is 30.9 Å². The number of rotatable bonds is 4. The first-order valence-corrected chi connectivity index (χ1v) is 7.60. The highest BCUT2D eigenvalue weighted by Crippen LogP contribution is 2.33. The van der Waals surface area contributed by atoms with E-state index in [1.54, 1.807) is 11.3 Å². The first-order valence-electron chi connectivity index (χ1n) is 6.78. The minimum absolute atomic E-state index is 0. The summed E-state index contributed by atoms with van der Waals surface area (Å²) in [5, 5.41) is 0. The van der Waals surface area contributed by atoms with Gasteiger partial charge < -0.3 is 10.3 Å². The van der Waals surface area contributed by atoms with Gasteiger partial charge >= 0.3 is 0 Å². The van der Waals surface area contributed by atoms with Crippen LogP contribution in [0.2, 0.25) is 0 Å². The zero-order valence-corrected chi connectivity index (χ0v) is 13.5. The van der Waals surface area contributed by atoms with Gasteiger partial charge in [0, 0.05) is 34.7 Å². The van der Waals surface area contributed by atoms with Crippen LogP contribution in [-0.4, -0.2) is 4.57 Å². The number of halogens is 1. The van der Waals surface area contributed by atoms with E-state index in [-0.39, 0.29) is 18.4 Å². The lowest BCUT2D eigenvalue weighted by Gasteiger charge is -2.09. The summed E-state index contributed by atoms with van der Waals surface area (Å²) in [5.74, 6) is 0. The van der Waals surface area contributed by atoms with E-state index in [9.17, 15) is 0 Å². The maximum absolute atomic E-state index is 5.96. The summed E-state index contributed by atoms with van der Waals surface area (Å²) in [7, 11) is 0. The fourth-order valence-electron chi connectivity index (χ4n) is 2.31. The van der Waals surface area contributed by atoms with Crippen LogP contribution >= 0.6 is 23.7 Å². The van der Waals surface area contributed by atoms with Crippen LogP contribution in [0.1, 0.15) is 23.4 Å². The molecule has 0 amide bonds. The van der Waals surface area contributed by atoms with Gasteiger partial charge in [-0.05, 0) is 42.3 Å². The summed E-state index contributed by atoms with van der Waals surface area (Å²) < 4.78 is 2.19. The van der Waals surface area contributed by atoms with Crippen LogP contribution in [-0.2, 0) is 6.54 Å². The van der Waals surface area contributed by atoms with Crippen LogP contribution in [0.25, 0.3) is 10.4 Å². The van der Waals surface area contributed by atoms with Crippen LogP contribution in [0.15, 0.2) is 60.9 Å². The Morgan fingerprint density at radius 1 is 1.05 bits per heavy atom. The van der Waals surface area contributed by atoms with Crippen molar-refractivity contribution in [2.45, 2.75) is 19.5 Å². The zero-order chi connectivity index (χ0) is 13.9. The molecule has 0 spiro atoms. The van der Waals surface area contributed by atoms with Gasteiger partial charge in [0.05, 0.1) is 0 Å². The van der Waals surface area contributed by atoms with Crippen molar-refractivity contribution in [1.82, 2.24) is 4.57 Å². The molecule has 2 N–H and O–H groups in total. The molecular weight excluding hydrogens is 300 g/mol. The number of nitrogens with two attached hydrogens (primary N) is 1. The molecule has 0 saturated heterocycles. The molecule has 21 heavy (non-hydrogen) atoms. The normalized spacial score (nSPS) is 11.9. The summed E-state index contributed by atoms with van der Waals surface area (Å²) in [4.78, 5) is 2.52. The van der Waals surface area contributed by atoms with E-state index in [2.05, 4.69) is 65.5 Å². The second-order valence-electron chi connectivity index (χ2n) is 5.00. The maximum Gasteiger partial charge on any atom is 0.0476 e. The third-order valence-electron chi connectivity index (χ3n) is 3.38. The van der Waals surface area contributed by atoms with Crippen molar-refractivity contribution in [3.8, 4) is 10.4 Å². The first-order chi connectivity index (χ1) is 9.74. The minimum Gasteiger partial charge on any atom is -0.350 e. The second kappa shape index (κ2) is 6.94. The quantitative estimate of drug-likeness (QED) is 0.742. The van der Waals surface area contributed by atoms with Gasteiger partial charge in [-0.1, -0.05) is 24.3 Å². The Labute approximate surface area is 135 Å². The summed E-state index contributed by atoms with van der Waals surface area (Å²) in [5.41, 5.74) is 8.60. The summed E-state index contributed by atoms with van der Waals surface area (Å²) in [6.45, 7) is 2.93. The molecule has 0 aliphatic carbocycles. The highest BCUT2D eigenvalue weighted by atomic mass is 35.5. The molecule has 0 aliphatic heterocycles. The van der Waals surface area contributed by atoms with Crippen LogP contribution in [0.4, 0.5) is 0 Å². The predicted molar refractivity (Wildman–Crippen MR) is 93.1 cm³/mol. The number of hydrogen-bond acceptors (Lipinski definition) is 2. The van der Waals surface area contributed by atoms with Gasteiger partial charge in [0.2, 0.25) is 0 Å². The van der Waals surface area contributed by atoms with E-state index < -0.39 is 0 Å². The third-order valence-corrected chi connectivity index (χ3v) is 4.70. The Kier molecular flexibility index (Phi) is 5.23. The largest absolute Gasteiger partial charge is 0.350 e. The molecule has 2 nitrogen and oxygen atoms in total. The monoisotopic (exact) mass is 318 g/mol. The first kappa shape index (κ1) is 15.8. The van der Waals surface area contributed by atoms with Gasteiger partial charge in [-0.25, -0.2) is 0 Å². The van der Waals surface area contributed by atoms with Gasteiger partial charge in [-0.2, -0.15) is 0 Å². The van der Waals surface area contributed by atoms with Gasteiger partial charge in [0.25, 0.3) is 0 Å². The van der Waals surface area contributed by atoms with E-state index >= 15 is 0 Å². The Hall–Kier alpha value is -1.55. The molecule has 2 aromatic heterocycles. The highest BCUT2D eigenvalue weighted by Gasteiger charge is 2.09. The number of aromatic nitrogens is 1. The zero-order valence-electron chi connectivity index (χ0n) is 11.9. The fourth-order valence-corrected chi connectivity index (χ4v) is 3.33. The lowest BCUT2D eigenvalue weighted by Crippen LogP contribution is -2.01. The van der Waals surface area contributed by atoms with Gasteiger partial charge in [-0.15, -0.1) is 23.7 Å². The van der Waals surface area contributed by atoms with Crippen molar-refractivity contribution < 1.29 is 0 Å². The van der Waals surface area contributed by atoms with Crippen molar-refractivity contribution in [1.29, 1.82) is 0 Å². The molecular formula is C17H19ClN2S. The Morgan fingerprint density at radius 3 is 2.43 bits per heavy atom. The van der Waals surface area contributed by atoms with Crippen LogP contribution in [0.3, 0.4) is 0 Å². The summed E-state index contributed by atoms with van der Waals surface area (Å²) >= 11 is 1.79. The van der Waals surface area contributed by atoms with E-state index in [0.717, 1.165) is 6.54 Å². The average Bonchev–Trinajstić information content (AvgIpc) is 3.10. The summed E-state index contributed by atoms with van der Waals surface area (Å²) in [6, 6.07) is 17.1. The van der Waals surface area contributed by atoms with Crippen molar-refractivity contribution >= 4 is 23.7 Å². The molecule has 4 heteroatoms. The van der Waals surface area contributed by atoms with Crippen molar-refractivity contribution in [2.24, 2.45) is 5.73 Å². The molecule has 0 saturated carbocycles. The standard InChI is InChI=1S/C17H18N2S.ClH/c1-13(18)16-8-9-17(20-16)15-7-3-2-6-14(15)12-19-10-4-5-11-19;/h2-11,13H,12,18H2,1H3;1H. The highest BCUT2D eigenvalue weighted by molar-refractivity contribution is 7.15. The molecule has 110 valence electrons. The van der Waals surface area contributed by atoms with Crippen molar-refractivity contribution in [2.75, 3.05) is 0 Å². The lowest BCUT2D eigenvalue weighted by molar-refractivity contribution is 0.808. The predicted octanol–water partition coefficient (Wildman–Crippen LogP) is 4.71. The molecule has 1 unspecified atom stereocenters. The van der Waals surface area contributed by atoms with E-state index in [4.69, 9.17) is 5.73 Å². The average molecular weight is 319 g/mol. The maximum atomic E-state index is 5.96. The molecule has 3 rings (SSSR count). The van der Waals surface area contributed by atoms with Crippen LogP contribution in [0.5, 0.6) is 0 Å². The van der Waals surface area contributed by atoms with Crippen LogP contribution < -0.4 is 5.73 Å². The molecule has 0 fully saturated rings. The molecule has 1 aromatic carbocycles. The smallest absolute Gasteiger partial charge is 0.0476 e. The van der Waals surface area contributed by atoms with Crippen molar-refractivity contribution in [3.05, 3.63) is 71.4 Å². The molecule has 0 bridgehead atoms. The Balaban J connectivity index is 0.00000161. The molecule has 0 aliphatic rings. The van der Waals surface area contributed by atoms with E-state index in [1.165, 1.54) is 20.9 Å². The minimum atomic E-state index is 0. The molecule has 1 atom stereocenters. The number of nitrogens with zero attached hydrogens (tertiary/aromatic N) is 1. The van der Waals surface area contributed by atoms with Crippen LogP contribution in [0, 0.1) is 0 Å². The van der Waals surface area contributed by atoms with Crippen molar-refractivity contribution in [3.63, 3.8) is 0 Å². The number of benzene rings is 1. The molecule has 0 radical (unpaired) electrons. The summed E-state index contributed by atoms with van der Waals surface area (Å²) in [6.07, 6.45) is 4.19. The number of hydrogen-bond donors (Lipinski definition) is 1. The van der Waals surface area contributed by atoms with Gasteiger partial charge in [0.1, 0.15) is 0 Å². The number of thiophene rings is 1. The lowest BCUT2D eigenvalue weighted by atomic mass is 10.1. The SMILES string of the molecule is CC(N)c1ccc(-c2ccccc2Cn2cccc2)s1.Cl. The van der Waals surface area contributed by atoms with E-state index in [1.807, 2.05) is 6.92 Å². The molecule has 2 heterocycles. The Bertz CT molecular complexity index is 686.